The van der Waals surface area contributed by atoms with Gasteiger partial charge in [0.1, 0.15) is 12.4 Å². The molecule has 0 aliphatic rings. The normalized spacial score (nSPS) is 10.8. The molecule has 0 atom stereocenters. The smallest absolute Gasteiger partial charge is 0.239 e. The van der Waals surface area contributed by atoms with Gasteiger partial charge in [0.15, 0.2) is 0 Å². The van der Waals surface area contributed by atoms with E-state index < -0.39 is 0 Å². The lowest BCUT2D eigenvalue weighted by Crippen LogP contribution is -2.12. The van der Waals surface area contributed by atoms with Crippen LogP contribution in [0.25, 0.3) is 0 Å². The number of hydrogen-bond donors (Lipinski definition) is 0. The van der Waals surface area contributed by atoms with E-state index in [9.17, 15) is 0 Å². The molecule has 0 saturated heterocycles. The molecule has 0 aliphatic heterocycles. The number of halogens is 1. The van der Waals surface area contributed by atoms with Gasteiger partial charge >= 0.3 is 0 Å². The Kier molecular flexibility index (Phi) is 3.29. The second kappa shape index (κ2) is 5.24. The van der Waals surface area contributed by atoms with Crippen molar-refractivity contribution in [3.05, 3.63) is 83.4 Å². The van der Waals surface area contributed by atoms with Crippen LogP contribution in [0.3, 0.4) is 0 Å². The third kappa shape index (κ3) is 2.51. The van der Waals surface area contributed by atoms with Crippen molar-refractivity contribution in [2.75, 3.05) is 0 Å². The molecule has 3 rings (SSSR count). The van der Waals surface area contributed by atoms with Crippen molar-refractivity contribution in [2.45, 2.75) is 6.04 Å². The number of benzene rings is 2. The number of hydrogen-bond acceptors (Lipinski definition) is 2. The summed E-state index contributed by atoms with van der Waals surface area (Å²) < 4.78 is 1.78. The van der Waals surface area contributed by atoms with Gasteiger partial charge in [-0.15, -0.1) is 5.10 Å². The van der Waals surface area contributed by atoms with E-state index in [0.717, 1.165) is 11.1 Å². The molecule has 0 aliphatic carbocycles. The molecule has 0 spiro atoms. The predicted octanol–water partition coefficient (Wildman–Crippen LogP) is 3.57. The molecular formula is C15H12ClN3. The summed E-state index contributed by atoms with van der Waals surface area (Å²) in [5.74, 6) is 0. The van der Waals surface area contributed by atoms with Crippen molar-refractivity contribution in [2.24, 2.45) is 0 Å². The molecule has 0 bridgehead atoms. The van der Waals surface area contributed by atoms with E-state index in [1.54, 1.807) is 11.0 Å². The van der Waals surface area contributed by atoms with Crippen LogP contribution >= 0.6 is 11.6 Å². The quantitative estimate of drug-likeness (QED) is 0.728. The van der Waals surface area contributed by atoms with E-state index in [2.05, 4.69) is 34.3 Å². The Morgan fingerprint density at radius 2 is 1.37 bits per heavy atom. The van der Waals surface area contributed by atoms with E-state index in [1.165, 1.54) is 0 Å². The molecule has 94 valence electrons. The molecule has 2 aromatic carbocycles. The van der Waals surface area contributed by atoms with Crippen LogP contribution in [0.4, 0.5) is 0 Å². The fourth-order valence-electron chi connectivity index (χ4n) is 2.15. The Hall–Kier alpha value is -2.13. The summed E-state index contributed by atoms with van der Waals surface area (Å²) >= 11 is 5.84. The third-order valence-corrected chi connectivity index (χ3v) is 3.15. The lowest BCUT2D eigenvalue weighted by molar-refractivity contribution is 0.594. The van der Waals surface area contributed by atoms with Gasteiger partial charge in [0.25, 0.3) is 0 Å². The first kappa shape index (κ1) is 11.9. The van der Waals surface area contributed by atoms with Crippen molar-refractivity contribution in [3.63, 3.8) is 0 Å². The van der Waals surface area contributed by atoms with E-state index in [0.29, 0.717) is 0 Å². The molecule has 1 aromatic heterocycles. The molecule has 0 radical (unpaired) electrons. The summed E-state index contributed by atoms with van der Waals surface area (Å²) in [6.45, 7) is 0. The number of aromatic nitrogens is 3. The van der Waals surface area contributed by atoms with Crippen LogP contribution in [0.1, 0.15) is 17.2 Å². The zero-order valence-electron chi connectivity index (χ0n) is 10.1. The van der Waals surface area contributed by atoms with Gasteiger partial charge in [-0.2, -0.15) is 0 Å². The minimum Gasteiger partial charge on any atom is -0.239 e. The number of nitrogens with zero attached hydrogens (tertiary/aromatic N) is 3. The van der Waals surface area contributed by atoms with Gasteiger partial charge < -0.3 is 0 Å². The summed E-state index contributed by atoms with van der Waals surface area (Å²) in [6.07, 6.45) is 1.66. The highest BCUT2D eigenvalue weighted by Gasteiger charge is 2.17. The highest BCUT2D eigenvalue weighted by Crippen LogP contribution is 2.25. The zero-order valence-corrected chi connectivity index (χ0v) is 10.9. The van der Waals surface area contributed by atoms with Crippen LogP contribution in [0, 0.1) is 0 Å². The molecule has 0 N–H and O–H groups in total. The standard InChI is InChI=1S/C15H12ClN3/c16-15-17-11-19(18-15)14(12-7-3-1-4-8-12)13-9-5-2-6-10-13/h1-11,14H. The predicted molar refractivity (Wildman–Crippen MR) is 75.2 cm³/mol. The van der Waals surface area contributed by atoms with Crippen LogP contribution in [0.15, 0.2) is 67.0 Å². The lowest BCUT2D eigenvalue weighted by atomic mass is 9.99. The van der Waals surface area contributed by atoms with E-state index in [4.69, 9.17) is 11.6 Å². The highest BCUT2D eigenvalue weighted by molar-refractivity contribution is 6.28. The highest BCUT2D eigenvalue weighted by atomic mass is 35.5. The van der Waals surface area contributed by atoms with Crippen LogP contribution in [-0.2, 0) is 0 Å². The molecule has 0 unspecified atom stereocenters. The first-order chi connectivity index (χ1) is 9.34. The van der Waals surface area contributed by atoms with Crippen LogP contribution in [-0.4, -0.2) is 14.8 Å². The Bertz CT molecular complexity index is 610. The molecule has 0 fully saturated rings. The SMILES string of the molecule is Clc1ncn(C(c2ccccc2)c2ccccc2)n1. The summed E-state index contributed by atoms with van der Waals surface area (Å²) in [4.78, 5) is 4.01. The molecule has 3 aromatic rings. The summed E-state index contributed by atoms with van der Waals surface area (Å²) in [6, 6.07) is 20.4. The van der Waals surface area contributed by atoms with E-state index in [-0.39, 0.29) is 11.3 Å². The molecule has 1 heterocycles. The second-order valence-electron chi connectivity index (χ2n) is 4.22. The van der Waals surface area contributed by atoms with Gasteiger partial charge in [0.2, 0.25) is 5.28 Å². The summed E-state index contributed by atoms with van der Waals surface area (Å²) in [7, 11) is 0. The molecule has 19 heavy (non-hydrogen) atoms. The first-order valence-electron chi connectivity index (χ1n) is 6.01. The summed E-state index contributed by atoms with van der Waals surface area (Å²) in [5, 5.41) is 4.50. The van der Waals surface area contributed by atoms with E-state index >= 15 is 0 Å². The Morgan fingerprint density at radius 1 is 0.842 bits per heavy atom. The van der Waals surface area contributed by atoms with Crippen molar-refractivity contribution in [3.8, 4) is 0 Å². The van der Waals surface area contributed by atoms with Crippen molar-refractivity contribution in [1.29, 1.82) is 0 Å². The van der Waals surface area contributed by atoms with Crippen LogP contribution in [0.2, 0.25) is 5.28 Å². The maximum absolute atomic E-state index is 5.84. The Balaban J connectivity index is 2.11. The first-order valence-corrected chi connectivity index (χ1v) is 6.39. The average Bonchev–Trinajstić information content (AvgIpc) is 2.88. The fourth-order valence-corrected chi connectivity index (χ4v) is 2.28. The van der Waals surface area contributed by atoms with Gasteiger partial charge in [0.05, 0.1) is 0 Å². The van der Waals surface area contributed by atoms with Gasteiger partial charge in [-0.25, -0.2) is 9.67 Å². The van der Waals surface area contributed by atoms with Crippen molar-refractivity contribution >= 4 is 11.6 Å². The largest absolute Gasteiger partial charge is 0.242 e. The fraction of sp³-hybridized carbons (Fsp3) is 0.0667. The lowest BCUT2D eigenvalue weighted by Gasteiger charge is -2.17. The maximum Gasteiger partial charge on any atom is 0.242 e. The maximum atomic E-state index is 5.84. The van der Waals surface area contributed by atoms with Gasteiger partial charge in [-0.05, 0) is 22.7 Å². The molecular weight excluding hydrogens is 258 g/mol. The summed E-state index contributed by atoms with van der Waals surface area (Å²) in [5.41, 5.74) is 2.30. The number of rotatable bonds is 3. The monoisotopic (exact) mass is 269 g/mol. The third-order valence-electron chi connectivity index (χ3n) is 2.98. The van der Waals surface area contributed by atoms with Gasteiger partial charge in [-0.3, -0.25) is 0 Å². The molecule has 3 nitrogen and oxygen atoms in total. The van der Waals surface area contributed by atoms with Crippen LogP contribution in [0.5, 0.6) is 0 Å². The Labute approximate surface area is 116 Å². The molecule has 0 amide bonds. The van der Waals surface area contributed by atoms with E-state index in [1.807, 2.05) is 36.4 Å². The van der Waals surface area contributed by atoms with Gasteiger partial charge in [0, 0.05) is 0 Å². The van der Waals surface area contributed by atoms with Crippen LogP contribution < -0.4 is 0 Å². The minimum atomic E-state index is -0.0117. The second-order valence-corrected chi connectivity index (χ2v) is 4.56. The minimum absolute atomic E-state index is 0.0117. The van der Waals surface area contributed by atoms with Crippen molar-refractivity contribution in [1.82, 2.24) is 14.8 Å². The Morgan fingerprint density at radius 3 is 1.79 bits per heavy atom. The van der Waals surface area contributed by atoms with Gasteiger partial charge in [-0.1, -0.05) is 60.7 Å². The zero-order chi connectivity index (χ0) is 13.1. The molecule has 4 heteroatoms. The molecule has 0 saturated carbocycles. The topological polar surface area (TPSA) is 30.7 Å². The average molecular weight is 270 g/mol. The van der Waals surface area contributed by atoms with Crippen molar-refractivity contribution < 1.29 is 0 Å².